The third-order valence-electron chi connectivity index (χ3n) is 2.94. The number of benzene rings is 1. The van der Waals surface area contributed by atoms with Crippen LogP contribution >= 0.6 is 0 Å². The molecule has 0 spiro atoms. The number of alkyl halides is 3. The zero-order valence-corrected chi connectivity index (χ0v) is 12.1. The standard InChI is InChI=1S/C16H18F3NO/c1-3-6-12(2)15(21)20-10-5-8-13-7-4-9-14(11-13)16(17,18)19/h4,7,9,11-12H,3,6,10H2,1-2H3,(H,20,21). The lowest BCUT2D eigenvalue weighted by Crippen LogP contribution is -2.29. The van der Waals surface area contributed by atoms with Crippen LogP contribution < -0.4 is 5.32 Å². The van der Waals surface area contributed by atoms with Gasteiger partial charge in [0, 0.05) is 11.5 Å². The Labute approximate surface area is 122 Å². The van der Waals surface area contributed by atoms with Gasteiger partial charge in [0.25, 0.3) is 0 Å². The molecular formula is C16H18F3NO. The first-order valence-electron chi connectivity index (χ1n) is 6.78. The van der Waals surface area contributed by atoms with Crippen LogP contribution in [0, 0.1) is 17.8 Å². The first-order valence-corrected chi connectivity index (χ1v) is 6.78. The Bertz CT molecular complexity index is 540. The zero-order chi connectivity index (χ0) is 15.9. The van der Waals surface area contributed by atoms with Crippen LogP contribution in [0.1, 0.15) is 37.8 Å². The van der Waals surface area contributed by atoms with E-state index in [1.165, 1.54) is 12.1 Å². The number of nitrogens with one attached hydrogen (secondary N) is 1. The van der Waals surface area contributed by atoms with Gasteiger partial charge in [-0.15, -0.1) is 0 Å². The lowest BCUT2D eigenvalue weighted by Gasteiger charge is -2.08. The van der Waals surface area contributed by atoms with Gasteiger partial charge in [0.2, 0.25) is 5.91 Å². The Morgan fingerprint density at radius 1 is 1.38 bits per heavy atom. The molecule has 0 aliphatic heterocycles. The molecule has 1 rings (SSSR count). The molecule has 1 unspecified atom stereocenters. The molecule has 0 aromatic heterocycles. The molecule has 0 radical (unpaired) electrons. The van der Waals surface area contributed by atoms with E-state index in [2.05, 4.69) is 17.2 Å². The molecule has 1 aromatic carbocycles. The van der Waals surface area contributed by atoms with Crippen LogP contribution in [-0.4, -0.2) is 12.5 Å². The molecular weight excluding hydrogens is 279 g/mol. The number of amides is 1. The van der Waals surface area contributed by atoms with E-state index in [-0.39, 0.29) is 23.9 Å². The molecule has 114 valence electrons. The van der Waals surface area contributed by atoms with E-state index < -0.39 is 11.7 Å². The van der Waals surface area contributed by atoms with Crippen molar-refractivity contribution in [2.24, 2.45) is 5.92 Å². The minimum atomic E-state index is -4.37. The van der Waals surface area contributed by atoms with Crippen molar-refractivity contribution in [2.45, 2.75) is 32.9 Å². The lowest BCUT2D eigenvalue weighted by atomic mass is 10.1. The molecule has 0 heterocycles. The Balaban J connectivity index is 2.58. The van der Waals surface area contributed by atoms with E-state index in [0.717, 1.165) is 25.0 Å². The van der Waals surface area contributed by atoms with Gasteiger partial charge in [0.15, 0.2) is 0 Å². The molecule has 0 saturated heterocycles. The van der Waals surface area contributed by atoms with Gasteiger partial charge in [-0.05, 0) is 24.6 Å². The summed E-state index contributed by atoms with van der Waals surface area (Å²) in [6, 6.07) is 4.81. The van der Waals surface area contributed by atoms with Crippen molar-refractivity contribution in [3.8, 4) is 11.8 Å². The quantitative estimate of drug-likeness (QED) is 0.845. The molecule has 1 amide bonds. The van der Waals surface area contributed by atoms with Crippen LogP contribution in [0.2, 0.25) is 0 Å². The highest BCUT2D eigenvalue weighted by atomic mass is 19.4. The van der Waals surface area contributed by atoms with Gasteiger partial charge >= 0.3 is 6.18 Å². The van der Waals surface area contributed by atoms with E-state index in [4.69, 9.17) is 0 Å². The molecule has 0 saturated carbocycles. The van der Waals surface area contributed by atoms with E-state index >= 15 is 0 Å². The predicted molar refractivity (Wildman–Crippen MR) is 75.4 cm³/mol. The van der Waals surface area contributed by atoms with Crippen LogP contribution in [0.25, 0.3) is 0 Å². The van der Waals surface area contributed by atoms with Crippen molar-refractivity contribution < 1.29 is 18.0 Å². The molecule has 0 aliphatic rings. The third-order valence-corrected chi connectivity index (χ3v) is 2.94. The second kappa shape index (κ2) is 7.72. The minimum Gasteiger partial charge on any atom is -0.345 e. The highest BCUT2D eigenvalue weighted by Gasteiger charge is 2.30. The molecule has 5 heteroatoms. The maximum Gasteiger partial charge on any atom is 0.416 e. The maximum absolute atomic E-state index is 12.5. The molecule has 0 bridgehead atoms. The van der Waals surface area contributed by atoms with Crippen molar-refractivity contribution in [3.05, 3.63) is 35.4 Å². The number of halogens is 3. The van der Waals surface area contributed by atoms with Crippen molar-refractivity contribution in [3.63, 3.8) is 0 Å². The SMILES string of the molecule is CCCC(C)C(=O)NCC#Cc1cccc(C(F)(F)F)c1. The first kappa shape index (κ1) is 17.1. The van der Waals surface area contributed by atoms with E-state index in [1.54, 1.807) is 0 Å². The van der Waals surface area contributed by atoms with Crippen LogP contribution in [0.3, 0.4) is 0 Å². The summed E-state index contributed by atoms with van der Waals surface area (Å²) in [4.78, 5) is 11.6. The summed E-state index contributed by atoms with van der Waals surface area (Å²) < 4.78 is 37.6. The van der Waals surface area contributed by atoms with Gasteiger partial charge in [-0.3, -0.25) is 4.79 Å². The van der Waals surface area contributed by atoms with Crippen LogP contribution in [-0.2, 0) is 11.0 Å². The Morgan fingerprint density at radius 3 is 2.71 bits per heavy atom. The van der Waals surface area contributed by atoms with E-state index in [0.29, 0.717) is 0 Å². The Morgan fingerprint density at radius 2 is 2.10 bits per heavy atom. The summed E-state index contributed by atoms with van der Waals surface area (Å²) in [5.41, 5.74) is -0.449. The topological polar surface area (TPSA) is 29.1 Å². The maximum atomic E-state index is 12.5. The van der Waals surface area contributed by atoms with Crippen molar-refractivity contribution >= 4 is 5.91 Å². The molecule has 1 atom stereocenters. The minimum absolute atomic E-state index is 0.0784. The molecule has 2 nitrogen and oxygen atoms in total. The second-order valence-corrected chi connectivity index (χ2v) is 4.79. The van der Waals surface area contributed by atoms with Gasteiger partial charge in [-0.1, -0.05) is 38.2 Å². The van der Waals surface area contributed by atoms with Crippen molar-refractivity contribution in [1.82, 2.24) is 5.32 Å². The largest absolute Gasteiger partial charge is 0.416 e. The monoisotopic (exact) mass is 297 g/mol. The van der Waals surface area contributed by atoms with Gasteiger partial charge < -0.3 is 5.32 Å². The van der Waals surface area contributed by atoms with Crippen molar-refractivity contribution in [2.75, 3.05) is 6.54 Å². The summed E-state index contributed by atoms with van der Waals surface area (Å²) in [6.07, 6.45) is -2.65. The molecule has 1 aromatic rings. The number of hydrogen-bond donors (Lipinski definition) is 1. The smallest absolute Gasteiger partial charge is 0.345 e. The molecule has 21 heavy (non-hydrogen) atoms. The summed E-state index contributed by atoms with van der Waals surface area (Å²) >= 11 is 0. The van der Waals surface area contributed by atoms with Crippen molar-refractivity contribution in [1.29, 1.82) is 0 Å². The Hall–Kier alpha value is -1.96. The summed E-state index contributed by atoms with van der Waals surface area (Å²) in [5, 5.41) is 2.65. The van der Waals surface area contributed by atoms with Crippen LogP contribution in [0.5, 0.6) is 0 Å². The molecule has 0 aliphatic carbocycles. The Kier molecular flexibility index (Phi) is 6.29. The van der Waals surface area contributed by atoms with Crippen LogP contribution in [0.15, 0.2) is 24.3 Å². The third kappa shape index (κ3) is 5.90. The number of rotatable bonds is 4. The summed E-state index contributed by atoms with van der Waals surface area (Å²) in [7, 11) is 0. The zero-order valence-electron chi connectivity index (χ0n) is 12.1. The van der Waals surface area contributed by atoms with Gasteiger partial charge in [-0.2, -0.15) is 13.2 Å². The molecule has 1 N–H and O–H groups in total. The average Bonchev–Trinajstić information content (AvgIpc) is 2.43. The van der Waals surface area contributed by atoms with E-state index in [1.807, 2.05) is 13.8 Å². The summed E-state index contributed by atoms with van der Waals surface area (Å²) in [6.45, 7) is 3.96. The van der Waals surface area contributed by atoms with Crippen LogP contribution in [0.4, 0.5) is 13.2 Å². The number of carbonyl (C=O) groups is 1. The average molecular weight is 297 g/mol. The fourth-order valence-electron chi connectivity index (χ4n) is 1.79. The second-order valence-electron chi connectivity index (χ2n) is 4.79. The van der Waals surface area contributed by atoms with Gasteiger partial charge in [0.05, 0.1) is 12.1 Å². The normalized spacial score (nSPS) is 12.2. The molecule has 0 fully saturated rings. The fourth-order valence-corrected chi connectivity index (χ4v) is 1.79. The van der Waals surface area contributed by atoms with Gasteiger partial charge in [-0.25, -0.2) is 0 Å². The highest BCUT2D eigenvalue weighted by molar-refractivity contribution is 5.78. The predicted octanol–water partition coefficient (Wildman–Crippen LogP) is 3.61. The highest BCUT2D eigenvalue weighted by Crippen LogP contribution is 2.29. The van der Waals surface area contributed by atoms with Gasteiger partial charge in [0.1, 0.15) is 0 Å². The lowest BCUT2D eigenvalue weighted by molar-refractivity contribution is -0.137. The first-order chi connectivity index (χ1) is 9.84. The number of carbonyl (C=O) groups excluding carboxylic acids is 1. The van der Waals surface area contributed by atoms with E-state index in [9.17, 15) is 18.0 Å². The summed E-state index contributed by atoms with van der Waals surface area (Å²) in [5.74, 6) is 5.11. The fraction of sp³-hybridized carbons (Fsp3) is 0.438. The number of hydrogen-bond acceptors (Lipinski definition) is 1.